The highest BCUT2D eigenvalue weighted by atomic mass is 19.4. The van der Waals surface area contributed by atoms with Crippen LogP contribution < -0.4 is 16.2 Å². The van der Waals surface area contributed by atoms with E-state index < -0.39 is 23.3 Å². The molecule has 1 aliphatic heterocycles. The van der Waals surface area contributed by atoms with Gasteiger partial charge in [-0.05, 0) is 24.1 Å². The van der Waals surface area contributed by atoms with Gasteiger partial charge >= 0.3 is 6.18 Å². The largest absolute Gasteiger partial charge is 0.416 e. The van der Waals surface area contributed by atoms with Gasteiger partial charge in [-0.1, -0.05) is 12.1 Å². The van der Waals surface area contributed by atoms with Gasteiger partial charge in [0.25, 0.3) is 5.56 Å². The van der Waals surface area contributed by atoms with Gasteiger partial charge in [0.15, 0.2) is 5.65 Å². The highest BCUT2D eigenvalue weighted by Gasteiger charge is 2.30. The van der Waals surface area contributed by atoms with E-state index in [-0.39, 0.29) is 36.8 Å². The van der Waals surface area contributed by atoms with Gasteiger partial charge < -0.3 is 10.6 Å². The molecule has 1 saturated heterocycles. The first kappa shape index (κ1) is 21.5. The summed E-state index contributed by atoms with van der Waals surface area (Å²) in [4.78, 5) is 40.2. The Morgan fingerprint density at radius 1 is 1.28 bits per heavy atom. The van der Waals surface area contributed by atoms with Gasteiger partial charge in [-0.2, -0.15) is 18.3 Å². The third-order valence-corrected chi connectivity index (χ3v) is 5.16. The molecule has 2 aromatic heterocycles. The molecule has 32 heavy (non-hydrogen) atoms. The minimum atomic E-state index is -4.47. The lowest BCUT2D eigenvalue weighted by atomic mass is 10.1. The Morgan fingerprint density at radius 3 is 2.81 bits per heavy atom. The van der Waals surface area contributed by atoms with Crippen molar-refractivity contribution in [3.05, 3.63) is 58.3 Å². The zero-order chi connectivity index (χ0) is 22.9. The molecule has 1 aliphatic rings. The van der Waals surface area contributed by atoms with Crippen molar-refractivity contribution in [2.75, 3.05) is 6.54 Å². The van der Waals surface area contributed by atoms with Crippen LogP contribution in [0.4, 0.5) is 13.2 Å². The maximum atomic E-state index is 12.9. The van der Waals surface area contributed by atoms with Crippen LogP contribution in [0.25, 0.3) is 11.0 Å². The van der Waals surface area contributed by atoms with Crippen LogP contribution in [-0.2, 0) is 28.9 Å². The zero-order valence-electron chi connectivity index (χ0n) is 16.7. The summed E-state index contributed by atoms with van der Waals surface area (Å²) in [5.41, 5.74) is -0.601. The number of amides is 2. The van der Waals surface area contributed by atoms with E-state index in [4.69, 9.17) is 0 Å². The molecule has 0 spiro atoms. The normalized spacial score (nSPS) is 16.3. The summed E-state index contributed by atoms with van der Waals surface area (Å²) in [5, 5.41) is 9.63. The number of rotatable bonds is 6. The molecule has 3 aromatic rings. The Labute approximate surface area is 179 Å². The molecule has 1 fully saturated rings. The molecule has 168 valence electrons. The van der Waals surface area contributed by atoms with E-state index in [1.165, 1.54) is 33.9 Å². The van der Waals surface area contributed by atoms with Gasteiger partial charge in [0.1, 0.15) is 17.8 Å². The third-order valence-electron chi connectivity index (χ3n) is 5.16. The molecule has 12 heteroatoms. The number of carbonyl (C=O) groups is 2. The fourth-order valence-electron chi connectivity index (χ4n) is 3.54. The first-order valence-corrected chi connectivity index (χ1v) is 9.86. The summed E-state index contributed by atoms with van der Waals surface area (Å²) >= 11 is 0. The van der Waals surface area contributed by atoms with Gasteiger partial charge in [0.05, 0.1) is 24.8 Å². The van der Waals surface area contributed by atoms with Crippen LogP contribution in [0.1, 0.15) is 24.0 Å². The van der Waals surface area contributed by atoms with Crippen LogP contribution in [0.15, 0.2) is 41.6 Å². The van der Waals surface area contributed by atoms with Crippen LogP contribution in [0.5, 0.6) is 0 Å². The monoisotopic (exact) mass is 448 g/mol. The number of hydrogen-bond acceptors (Lipinski definition) is 5. The fraction of sp³-hybridized carbons (Fsp3) is 0.350. The van der Waals surface area contributed by atoms with Crippen molar-refractivity contribution in [2.45, 2.75) is 38.1 Å². The van der Waals surface area contributed by atoms with E-state index in [2.05, 4.69) is 20.7 Å². The van der Waals surface area contributed by atoms with E-state index in [0.29, 0.717) is 24.1 Å². The van der Waals surface area contributed by atoms with Crippen LogP contribution in [-0.4, -0.2) is 43.7 Å². The molecule has 1 atom stereocenters. The summed E-state index contributed by atoms with van der Waals surface area (Å²) in [7, 11) is 0. The smallest absolute Gasteiger partial charge is 0.352 e. The average molecular weight is 448 g/mol. The summed E-state index contributed by atoms with van der Waals surface area (Å²) in [6.45, 7) is 0.400. The maximum absolute atomic E-state index is 12.9. The number of nitrogens with one attached hydrogen (secondary N) is 2. The Bertz CT molecular complexity index is 1230. The van der Waals surface area contributed by atoms with Crippen LogP contribution in [0.3, 0.4) is 0 Å². The molecule has 0 radical (unpaired) electrons. The van der Waals surface area contributed by atoms with Crippen LogP contribution >= 0.6 is 0 Å². The maximum Gasteiger partial charge on any atom is 0.416 e. The van der Waals surface area contributed by atoms with Crippen molar-refractivity contribution < 1.29 is 22.8 Å². The van der Waals surface area contributed by atoms with E-state index >= 15 is 0 Å². The van der Waals surface area contributed by atoms with Gasteiger partial charge in [0.2, 0.25) is 11.8 Å². The molecule has 3 heterocycles. The average Bonchev–Trinajstić information content (AvgIpc) is 3.36. The number of nitrogens with zero attached hydrogens (tertiary/aromatic N) is 4. The molecule has 1 aromatic carbocycles. The van der Waals surface area contributed by atoms with Crippen molar-refractivity contribution in [3.63, 3.8) is 0 Å². The summed E-state index contributed by atoms with van der Waals surface area (Å²) < 4.78 is 41.4. The summed E-state index contributed by atoms with van der Waals surface area (Å²) in [6, 6.07) is 4.22. The number of benzene rings is 1. The van der Waals surface area contributed by atoms with Gasteiger partial charge in [-0.25, -0.2) is 9.67 Å². The van der Waals surface area contributed by atoms with Gasteiger partial charge in [-0.15, -0.1) is 0 Å². The van der Waals surface area contributed by atoms with E-state index in [1.54, 1.807) is 0 Å². The fourth-order valence-corrected chi connectivity index (χ4v) is 3.54. The van der Waals surface area contributed by atoms with Gasteiger partial charge in [-0.3, -0.25) is 19.0 Å². The van der Waals surface area contributed by atoms with Crippen LogP contribution in [0.2, 0.25) is 0 Å². The molecule has 4 rings (SSSR count). The Kier molecular flexibility index (Phi) is 5.68. The highest BCUT2D eigenvalue weighted by Crippen LogP contribution is 2.29. The van der Waals surface area contributed by atoms with Crippen molar-refractivity contribution in [2.24, 2.45) is 0 Å². The highest BCUT2D eigenvalue weighted by molar-refractivity contribution is 5.90. The van der Waals surface area contributed by atoms with Crippen LogP contribution in [0, 0.1) is 0 Å². The molecule has 2 amide bonds. The second-order valence-corrected chi connectivity index (χ2v) is 7.43. The molecule has 1 unspecified atom stereocenters. The first-order valence-electron chi connectivity index (χ1n) is 9.86. The molecule has 2 N–H and O–H groups in total. The lowest BCUT2D eigenvalue weighted by Gasteiger charge is -2.11. The Hall–Kier alpha value is -3.70. The Morgan fingerprint density at radius 2 is 2.09 bits per heavy atom. The minimum Gasteiger partial charge on any atom is -0.352 e. The van der Waals surface area contributed by atoms with Crippen molar-refractivity contribution >= 4 is 22.8 Å². The predicted octanol–water partition coefficient (Wildman–Crippen LogP) is 1.05. The second-order valence-electron chi connectivity index (χ2n) is 7.43. The van der Waals surface area contributed by atoms with E-state index in [0.717, 1.165) is 12.1 Å². The number of carbonyl (C=O) groups excluding carboxylic acids is 2. The predicted molar refractivity (Wildman–Crippen MR) is 107 cm³/mol. The first-order chi connectivity index (χ1) is 15.2. The third kappa shape index (κ3) is 4.48. The second kappa shape index (κ2) is 8.44. The zero-order valence-corrected chi connectivity index (χ0v) is 16.7. The van der Waals surface area contributed by atoms with Crippen molar-refractivity contribution in [3.8, 4) is 0 Å². The van der Waals surface area contributed by atoms with E-state index in [1.807, 2.05) is 0 Å². The standard InChI is InChI=1S/C20H19F3N6O3/c21-20(22,23)13-3-1-2-12(8-13)10-28-11-25-17-14(19(28)32)9-26-29(17)7-6-24-18(31)15-4-5-16(30)27-15/h1-3,8-9,11,15H,4-7,10H2,(H,24,31)(H,27,30). The van der Waals surface area contributed by atoms with Crippen molar-refractivity contribution in [1.82, 2.24) is 30.0 Å². The summed E-state index contributed by atoms with van der Waals surface area (Å²) in [6.07, 6.45) is -1.11. The lowest BCUT2D eigenvalue weighted by molar-refractivity contribution is -0.137. The molecule has 0 bridgehead atoms. The lowest BCUT2D eigenvalue weighted by Crippen LogP contribution is -2.42. The number of aromatic nitrogens is 4. The number of hydrogen-bond donors (Lipinski definition) is 2. The molecular formula is C20H19F3N6O3. The SMILES string of the molecule is O=C1CCC(C(=O)NCCn2ncc3c(=O)n(Cc4cccc(C(F)(F)F)c4)cnc32)N1. The molecule has 0 aliphatic carbocycles. The Balaban J connectivity index is 1.45. The van der Waals surface area contributed by atoms with E-state index in [9.17, 15) is 27.6 Å². The number of halogens is 3. The molecular weight excluding hydrogens is 429 g/mol. The van der Waals surface area contributed by atoms with Gasteiger partial charge in [0, 0.05) is 13.0 Å². The summed E-state index contributed by atoms with van der Waals surface area (Å²) in [5.74, 6) is -0.447. The van der Waals surface area contributed by atoms with Crippen molar-refractivity contribution in [1.29, 1.82) is 0 Å². The minimum absolute atomic E-state index is 0.0694. The topological polar surface area (TPSA) is 111 Å². The molecule has 0 saturated carbocycles. The number of alkyl halides is 3. The molecule has 9 nitrogen and oxygen atoms in total. The number of fused-ring (bicyclic) bond motifs is 1. The quantitative estimate of drug-likeness (QED) is 0.586.